The quantitative estimate of drug-likeness (QED) is 0.751. The molecule has 0 unspecified atom stereocenters. The number of hydrogen-bond acceptors (Lipinski definition) is 4. The summed E-state index contributed by atoms with van der Waals surface area (Å²) in [4.78, 5) is 0.155. The van der Waals surface area contributed by atoms with Gasteiger partial charge in [0.1, 0.15) is 23.9 Å². The van der Waals surface area contributed by atoms with Gasteiger partial charge < -0.3 is 9.47 Å². The predicted molar refractivity (Wildman–Crippen MR) is 84.7 cm³/mol. The number of benzene rings is 2. The first-order chi connectivity index (χ1) is 11.0. The van der Waals surface area contributed by atoms with Crippen molar-refractivity contribution in [2.75, 3.05) is 19.8 Å². The van der Waals surface area contributed by atoms with E-state index in [0.717, 1.165) is 0 Å². The summed E-state index contributed by atoms with van der Waals surface area (Å²) in [6, 6.07) is 11.7. The highest BCUT2D eigenvalue weighted by molar-refractivity contribution is 7.89. The van der Waals surface area contributed by atoms with Gasteiger partial charge >= 0.3 is 0 Å². The Morgan fingerprint density at radius 1 is 0.957 bits per heavy atom. The number of hydrogen-bond donors (Lipinski definition) is 1. The zero-order valence-corrected chi connectivity index (χ0v) is 13.5. The zero-order chi connectivity index (χ0) is 16.7. The molecule has 0 saturated heterocycles. The summed E-state index contributed by atoms with van der Waals surface area (Å²) in [5.41, 5.74) is 0. The van der Waals surface area contributed by atoms with Gasteiger partial charge in [-0.2, -0.15) is 0 Å². The van der Waals surface area contributed by atoms with Crippen LogP contribution < -0.4 is 14.2 Å². The van der Waals surface area contributed by atoms with Crippen molar-refractivity contribution in [1.29, 1.82) is 0 Å². The number of sulfonamides is 1. The molecule has 1 N–H and O–H groups in total. The molecule has 23 heavy (non-hydrogen) atoms. The lowest BCUT2D eigenvalue weighted by Gasteiger charge is -2.09. The number of ether oxygens (including phenoxy) is 2. The first kappa shape index (κ1) is 17.2. The molecule has 0 aliphatic heterocycles. The van der Waals surface area contributed by atoms with Gasteiger partial charge in [-0.25, -0.2) is 17.5 Å². The molecule has 0 aromatic heterocycles. The van der Waals surface area contributed by atoms with Crippen molar-refractivity contribution in [3.05, 3.63) is 54.3 Å². The van der Waals surface area contributed by atoms with E-state index < -0.39 is 10.0 Å². The van der Waals surface area contributed by atoms with Gasteiger partial charge in [-0.15, -0.1) is 0 Å². The van der Waals surface area contributed by atoms with Gasteiger partial charge in [-0.05, 0) is 55.5 Å². The first-order valence-corrected chi connectivity index (χ1v) is 8.60. The third kappa shape index (κ3) is 5.22. The Hall–Kier alpha value is -2.12. The second-order valence-electron chi connectivity index (χ2n) is 4.60. The van der Waals surface area contributed by atoms with Crippen LogP contribution >= 0.6 is 0 Å². The van der Waals surface area contributed by atoms with E-state index in [0.29, 0.717) is 18.1 Å². The Bertz CT molecular complexity index is 715. The molecule has 0 aliphatic carbocycles. The van der Waals surface area contributed by atoms with Crippen LogP contribution in [0.5, 0.6) is 11.5 Å². The van der Waals surface area contributed by atoms with Crippen LogP contribution in [0.1, 0.15) is 6.92 Å². The molecule has 2 aromatic rings. The van der Waals surface area contributed by atoms with Gasteiger partial charge in [0.05, 0.1) is 11.5 Å². The van der Waals surface area contributed by atoms with E-state index in [1.165, 1.54) is 36.4 Å². The summed E-state index contributed by atoms with van der Waals surface area (Å²) in [6.45, 7) is 2.62. The molecule has 124 valence electrons. The average Bonchev–Trinajstić information content (AvgIpc) is 2.54. The SMILES string of the molecule is CCOc1ccc(S(=O)(=O)NCCOc2ccc(F)cc2)cc1. The monoisotopic (exact) mass is 339 g/mol. The van der Waals surface area contributed by atoms with Gasteiger partial charge in [0.15, 0.2) is 0 Å². The van der Waals surface area contributed by atoms with Crippen LogP contribution in [0, 0.1) is 5.82 Å². The van der Waals surface area contributed by atoms with Crippen molar-refractivity contribution in [3.8, 4) is 11.5 Å². The molecule has 0 amide bonds. The van der Waals surface area contributed by atoms with Crippen molar-refractivity contribution >= 4 is 10.0 Å². The third-order valence-electron chi connectivity index (χ3n) is 2.92. The van der Waals surface area contributed by atoms with Crippen molar-refractivity contribution < 1.29 is 22.3 Å². The molecule has 0 spiro atoms. The molecule has 0 radical (unpaired) electrons. The Morgan fingerprint density at radius 3 is 2.13 bits per heavy atom. The fraction of sp³-hybridized carbons (Fsp3) is 0.250. The van der Waals surface area contributed by atoms with Crippen molar-refractivity contribution in [2.45, 2.75) is 11.8 Å². The third-order valence-corrected chi connectivity index (χ3v) is 4.40. The van der Waals surface area contributed by atoms with Gasteiger partial charge in [-0.1, -0.05) is 0 Å². The van der Waals surface area contributed by atoms with Gasteiger partial charge in [-0.3, -0.25) is 0 Å². The Kier molecular flexibility index (Phi) is 5.95. The molecule has 0 heterocycles. The lowest BCUT2D eigenvalue weighted by molar-refractivity contribution is 0.322. The maximum Gasteiger partial charge on any atom is 0.240 e. The highest BCUT2D eigenvalue weighted by Crippen LogP contribution is 2.16. The molecule has 0 bridgehead atoms. The molecule has 5 nitrogen and oxygen atoms in total. The van der Waals surface area contributed by atoms with Crippen molar-refractivity contribution in [1.82, 2.24) is 4.72 Å². The van der Waals surface area contributed by atoms with Crippen LogP contribution in [0.25, 0.3) is 0 Å². The lowest BCUT2D eigenvalue weighted by Crippen LogP contribution is -2.28. The number of nitrogens with one attached hydrogen (secondary N) is 1. The minimum absolute atomic E-state index is 0.104. The maximum atomic E-state index is 12.7. The maximum absolute atomic E-state index is 12.7. The van der Waals surface area contributed by atoms with Crippen molar-refractivity contribution in [3.63, 3.8) is 0 Å². The van der Waals surface area contributed by atoms with E-state index in [2.05, 4.69) is 4.72 Å². The van der Waals surface area contributed by atoms with E-state index in [1.54, 1.807) is 12.1 Å². The fourth-order valence-electron chi connectivity index (χ4n) is 1.84. The normalized spacial score (nSPS) is 11.2. The summed E-state index contributed by atoms with van der Waals surface area (Å²) < 4.78 is 50.0. The molecule has 2 rings (SSSR count). The summed E-state index contributed by atoms with van der Waals surface area (Å²) in [5.74, 6) is 0.742. The minimum Gasteiger partial charge on any atom is -0.494 e. The largest absolute Gasteiger partial charge is 0.494 e. The molecular weight excluding hydrogens is 321 g/mol. The van der Waals surface area contributed by atoms with Crippen LogP contribution in [0.2, 0.25) is 0 Å². The Morgan fingerprint density at radius 2 is 1.52 bits per heavy atom. The second kappa shape index (κ2) is 7.94. The second-order valence-corrected chi connectivity index (χ2v) is 6.37. The standard InChI is InChI=1S/C16H18FNO4S/c1-2-21-14-7-9-16(10-8-14)23(19,20)18-11-12-22-15-5-3-13(17)4-6-15/h3-10,18H,2,11-12H2,1H3. The molecule has 7 heteroatoms. The van der Waals surface area contributed by atoms with Gasteiger partial charge in [0.2, 0.25) is 10.0 Å². The molecule has 0 aliphatic rings. The van der Waals surface area contributed by atoms with E-state index in [9.17, 15) is 12.8 Å². The van der Waals surface area contributed by atoms with Crippen LogP contribution in [0.15, 0.2) is 53.4 Å². The van der Waals surface area contributed by atoms with Crippen molar-refractivity contribution in [2.24, 2.45) is 0 Å². The van der Waals surface area contributed by atoms with Crippen LogP contribution in [0.3, 0.4) is 0 Å². The Balaban J connectivity index is 1.84. The van der Waals surface area contributed by atoms with E-state index in [4.69, 9.17) is 9.47 Å². The van der Waals surface area contributed by atoms with Crippen LogP contribution in [0.4, 0.5) is 4.39 Å². The highest BCUT2D eigenvalue weighted by atomic mass is 32.2. The average molecular weight is 339 g/mol. The first-order valence-electron chi connectivity index (χ1n) is 7.12. The molecule has 0 atom stereocenters. The zero-order valence-electron chi connectivity index (χ0n) is 12.7. The van der Waals surface area contributed by atoms with Gasteiger partial charge in [0.25, 0.3) is 0 Å². The molecule has 2 aromatic carbocycles. The van der Waals surface area contributed by atoms with E-state index >= 15 is 0 Å². The van der Waals surface area contributed by atoms with E-state index in [-0.39, 0.29) is 23.9 Å². The molecule has 0 saturated carbocycles. The summed E-state index contributed by atoms with van der Waals surface area (Å²) in [7, 11) is -3.60. The minimum atomic E-state index is -3.60. The fourth-order valence-corrected chi connectivity index (χ4v) is 2.85. The summed E-state index contributed by atoms with van der Waals surface area (Å²) >= 11 is 0. The summed E-state index contributed by atoms with van der Waals surface area (Å²) in [5, 5.41) is 0. The smallest absolute Gasteiger partial charge is 0.240 e. The number of rotatable bonds is 8. The van der Waals surface area contributed by atoms with Gasteiger partial charge in [0, 0.05) is 6.54 Å². The molecule has 0 fully saturated rings. The lowest BCUT2D eigenvalue weighted by atomic mass is 10.3. The highest BCUT2D eigenvalue weighted by Gasteiger charge is 2.13. The van der Waals surface area contributed by atoms with Crippen LogP contribution in [-0.2, 0) is 10.0 Å². The Labute approximate surface area is 135 Å². The van der Waals surface area contributed by atoms with Crippen LogP contribution in [-0.4, -0.2) is 28.2 Å². The van der Waals surface area contributed by atoms with E-state index in [1.807, 2.05) is 6.92 Å². The number of halogens is 1. The predicted octanol–water partition coefficient (Wildman–Crippen LogP) is 2.58. The molecular formula is C16H18FNO4S. The topological polar surface area (TPSA) is 64.6 Å². The summed E-state index contributed by atoms with van der Waals surface area (Å²) in [6.07, 6.45) is 0.